The minimum Gasteiger partial charge on any atom is -0.488 e. The average molecular weight is 453 g/mol. The van der Waals surface area contributed by atoms with Gasteiger partial charge in [-0.05, 0) is 48.0 Å². The van der Waals surface area contributed by atoms with Crippen LogP contribution < -0.4 is 20.1 Å². The van der Waals surface area contributed by atoms with Gasteiger partial charge in [-0.2, -0.15) is 0 Å². The van der Waals surface area contributed by atoms with E-state index in [1.807, 2.05) is 30.3 Å². The number of carbonyl (C=O) groups is 2. The standard InChI is InChI=1S/C22H17BrN2O4/c23-15-5-3-4-14(10-15)12-28-19-7-2-1-6-17(19)22(27)24-16-8-9-20-18(11-16)25-21(26)13-29-20/h1-11H,12-13H2,(H,24,27)(H,25,26). The van der Waals surface area contributed by atoms with E-state index in [0.717, 1.165) is 10.0 Å². The van der Waals surface area contributed by atoms with Gasteiger partial charge in [-0.3, -0.25) is 9.59 Å². The number of hydrogen-bond acceptors (Lipinski definition) is 4. The van der Waals surface area contributed by atoms with Gasteiger partial charge in [0, 0.05) is 10.2 Å². The van der Waals surface area contributed by atoms with Crippen LogP contribution in [0.25, 0.3) is 0 Å². The Morgan fingerprint density at radius 2 is 1.97 bits per heavy atom. The summed E-state index contributed by atoms with van der Waals surface area (Å²) in [4.78, 5) is 24.3. The molecule has 0 fully saturated rings. The van der Waals surface area contributed by atoms with E-state index in [9.17, 15) is 9.59 Å². The zero-order chi connectivity index (χ0) is 20.2. The maximum Gasteiger partial charge on any atom is 0.262 e. The first-order valence-electron chi connectivity index (χ1n) is 8.93. The van der Waals surface area contributed by atoms with Crippen LogP contribution in [0.3, 0.4) is 0 Å². The van der Waals surface area contributed by atoms with E-state index in [1.165, 1.54) is 0 Å². The lowest BCUT2D eigenvalue weighted by Crippen LogP contribution is -2.25. The molecule has 0 atom stereocenters. The minimum atomic E-state index is -0.308. The van der Waals surface area contributed by atoms with Gasteiger partial charge in [0.1, 0.15) is 18.1 Å². The fourth-order valence-corrected chi connectivity index (χ4v) is 3.37. The van der Waals surface area contributed by atoms with Crippen LogP contribution in [0.1, 0.15) is 15.9 Å². The van der Waals surface area contributed by atoms with Crippen LogP contribution in [0.2, 0.25) is 0 Å². The quantitative estimate of drug-likeness (QED) is 0.592. The summed E-state index contributed by atoms with van der Waals surface area (Å²) in [5.41, 5.74) is 2.47. The second kappa shape index (κ2) is 8.36. The molecule has 0 aliphatic carbocycles. The molecule has 1 heterocycles. The molecule has 0 spiro atoms. The van der Waals surface area contributed by atoms with Crippen molar-refractivity contribution in [3.8, 4) is 11.5 Å². The van der Waals surface area contributed by atoms with Gasteiger partial charge in [-0.1, -0.05) is 40.2 Å². The van der Waals surface area contributed by atoms with Gasteiger partial charge in [0.2, 0.25) is 0 Å². The van der Waals surface area contributed by atoms with Gasteiger partial charge in [-0.15, -0.1) is 0 Å². The minimum absolute atomic E-state index is 0.0125. The maximum absolute atomic E-state index is 12.8. The van der Waals surface area contributed by atoms with Crippen LogP contribution in [-0.2, 0) is 11.4 Å². The summed E-state index contributed by atoms with van der Waals surface area (Å²) in [6.07, 6.45) is 0. The lowest BCUT2D eigenvalue weighted by molar-refractivity contribution is -0.118. The largest absolute Gasteiger partial charge is 0.488 e. The van der Waals surface area contributed by atoms with Gasteiger partial charge in [0.15, 0.2) is 6.61 Å². The molecule has 0 unspecified atom stereocenters. The molecule has 3 aromatic rings. The zero-order valence-corrected chi connectivity index (χ0v) is 16.9. The highest BCUT2D eigenvalue weighted by Gasteiger charge is 2.18. The number of benzene rings is 3. The Bertz CT molecular complexity index is 1080. The van der Waals surface area contributed by atoms with Crippen molar-refractivity contribution in [3.05, 3.63) is 82.3 Å². The summed E-state index contributed by atoms with van der Waals surface area (Å²) in [5.74, 6) is 0.519. The highest BCUT2D eigenvalue weighted by Crippen LogP contribution is 2.31. The molecule has 0 aromatic heterocycles. The molecule has 6 nitrogen and oxygen atoms in total. The van der Waals surface area contributed by atoms with E-state index in [2.05, 4.69) is 26.6 Å². The van der Waals surface area contributed by atoms with Crippen LogP contribution in [0.4, 0.5) is 11.4 Å². The lowest BCUT2D eigenvalue weighted by atomic mass is 10.1. The summed E-state index contributed by atoms with van der Waals surface area (Å²) in [7, 11) is 0. The summed E-state index contributed by atoms with van der Waals surface area (Å²) in [6, 6.07) is 19.9. The van der Waals surface area contributed by atoms with Crippen molar-refractivity contribution < 1.29 is 19.1 Å². The Kier molecular flexibility index (Phi) is 5.48. The number of halogens is 1. The smallest absolute Gasteiger partial charge is 0.262 e. The van der Waals surface area contributed by atoms with Crippen LogP contribution >= 0.6 is 15.9 Å². The number of nitrogens with one attached hydrogen (secondary N) is 2. The van der Waals surface area contributed by atoms with Crippen molar-refractivity contribution in [2.45, 2.75) is 6.61 Å². The topological polar surface area (TPSA) is 76.7 Å². The van der Waals surface area contributed by atoms with Gasteiger partial charge in [0.25, 0.3) is 11.8 Å². The first-order valence-corrected chi connectivity index (χ1v) is 9.72. The van der Waals surface area contributed by atoms with E-state index in [-0.39, 0.29) is 18.4 Å². The molecule has 146 valence electrons. The van der Waals surface area contributed by atoms with Crippen molar-refractivity contribution in [1.82, 2.24) is 0 Å². The molecule has 7 heteroatoms. The third-order valence-corrected chi connectivity index (χ3v) is 4.78. The maximum atomic E-state index is 12.8. The van der Waals surface area contributed by atoms with Crippen molar-refractivity contribution in [2.75, 3.05) is 17.2 Å². The number of para-hydroxylation sites is 1. The third kappa shape index (κ3) is 4.57. The number of rotatable bonds is 5. The molecule has 3 aromatic carbocycles. The van der Waals surface area contributed by atoms with Crippen LogP contribution in [0.5, 0.6) is 11.5 Å². The number of ether oxygens (including phenoxy) is 2. The Balaban J connectivity index is 1.49. The second-order valence-corrected chi connectivity index (χ2v) is 7.33. The highest BCUT2D eigenvalue weighted by atomic mass is 79.9. The molecule has 2 amide bonds. The number of hydrogen-bond donors (Lipinski definition) is 2. The highest BCUT2D eigenvalue weighted by molar-refractivity contribution is 9.10. The second-order valence-electron chi connectivity index (χ2n) is 6.42. The first-order chi connectivity index (χ1) is 14.1. The number of fused-ring (bicyclic) bond motifs is 1. The molecular weight excluding hydrogens is 436 g/mol. The molecule has 0 saturated carbocycles. The number of carbonyl (C=O) groups excluding carboxylic acids is 2. The Morgan fingerprint density at radius 3 is 2.83 bits per heavy atom. The molecule has 4 rings (SSSR count). The van der Waals surface area contributed by atoms with E-state index in [0.29, 0.717) is 35.0 Å². The monoisotopic (exact) mass is 452 g/mol. The molecule has 0 radical (unpaired) electrons. The Labute approximate surface area is 176 Å². The van der Waals surface area contributed by atoms with Crippen molar-refractivity contribution in [2.24, 2.45) is 0 Å². The van der Waals surface area contributed by atoms with Gasteiger partial charge in [-0.25, -0.2) is 0 Å². The summed E-state index contributed by atoms with van der Waals surface area (Å²) in [6.45, 7) is 0.327. The molecular formula is C22H17BrN2O4. The van der Waals surface area contributed by atoms with Crippen LogP contribution in [0, 0.1) is 0 Å². The summed E-state index contributed by atoms with van der Waals surface area (Å²) < 4.78 is 12.2. The molecule has 1 aliphatic rings. The predicted octanol–water partition coefficient (Wildman–Crippen LogP) is 4.61. The SMILES string of the molecule is O=C1COc2ccc(NC(=O)c3ccccc3OCc3cccc(Br)c3)cc2N1. The molecule has 1 aliphatic heterocycles. The van der Waals surface area contributed by atoms with Crippen LogP contribution in [0.15, 0.2) is 71.2 Å². The average Bonchev–Trinajstić information content (AvgIpc) is 2.72. The zero-order valence-electron chi connectivity index (χ0n) is 15.3. The van der Waals surface area contributed by atoms with Crippen molar-refractivity contribution >= 4 is 39.1 Å². The third-order valence-electron chi connectivity index (χ3n) is 4.29. The van der Waals surface area contributed by atoms with Crippen molar-refractivity contribution in [3.63, 3.8) is 0 Å². The molecule has 2 N–H and O–H groups in total. The fourth-order valence-electron chi connectivity index (χ4n) is 2.93. The fraction of sp³-hybridized carbons (Fsp3) is 0.0909. The molecule has 0 saturated heterocycles. The first kappa shape index (κ1) is 19.0. The molecule has 29 heavy (non-hydrogen) atoms. The number of amides is 2. The Hall–Kier alpha value is -3.32. The van der Waals surface area contributed by atoms with E-state index in [4.69, 9.17) is 9.47 Å². The predicted molar refractivity (Wildman–Crippen MR) is 113 cm³/mol. The summed E-state index contributed by atoms with van der Waals surface area (Å²) in [5, 5.41) is 5.56. The Morgan fingerprint density at radius 1 is 1.10 bits per heavy atom. The van der Waals surface area contributed by atoms with E-state index in [1.54, 1.807) is 36.4 Å². The van der Waals surface area contributed by atoms with E-state index >= 15 is 0 Å². The van der Waals surface area contributed by atoms with Gasteiger partial charge in [0.05, 0.1) is 11.3 Å². The normalized spacial score (nSPS) is 12.4. The lowest BCUT2D eigenvalue weighted by Gasteiger charge is -2.19. The van der Waals surface area contributed by atoms with Crippen molar-refractivity contribution in [1.29, 1.82) is 0 Å². The summed E-state index contributed by atoms with van der Waals surface area (Å²) >= 11 is 3.44. The molecule has 0 bridgehead atoms. The van der Waals surface area contributed by atoms with Gasteiger partial charge < -0.3 is 20.1 Å². The number of anilines is 2. The van der Waals surface area contributed by atoms with Gasteiger partial charge >= 0.3 is 0 Å². The van der Waals surface area contributed by atoms with Crippen LogP contribution in [-0.4, -0.2) is 18.4 Å². The van der Waals surface area contributed by atoms with E-state index < -0.39 is 0 Å².